The van der Waals surface area contributed by atoms with Crippen molar-refractivity contribution in [3.05, 3.63) is 33.3 Å². The van der Waals surface area contributed by atoms with E-state index in [-0.39, 0.29) is 12.1 Å². The van der Waals surface area contributed by atoms with Crippen molar-refractivity contribution in [1.82, 2.24) is 5.32 Å². The van der Waals surface area contributed by atoms with Gasteiger partial charge in [-0.05, 0) is 44.0 Å². The number of benzene rings is 1. The first-order chi connectivity index (χ1) is 7.44. The predicted octanol–water partition coefficient (Wildman–Crippen LogP) is 3.35. The Morgan fingerprint density at radius 3 is 2.75 bits per heavy atom. The lowest BCUT2D eigenvalue weighted by Crippen LogP contribution is -2.39. The van der Waals surface area contributed by atoms with Crippen LogP contribution in [0.2, 0.25) is 5.02 Å². The maximum Gasteiger partial charge on any atom is 0.0451 e. The van der Waals surface area contributed by atoms with E-state index in [4.69, 9.17) is 16.7 Å². The molecule has 0 aliphatic carbocycles. The molecule has 2 nitrogen and oxygen atoms in total. The summed E-state index contributed by atoms with van der Waals surface area (Å²) in [5.41, 5.74) is 0.975. The predicted molar refractivity (Wildman–Crippen MR) is 71.8 cm³/mol. The SMILES string of the molecule is CC(C)(CCO)NCc1cc(Br)ccc1Cl. The quantitative estimate of drug-likeness (QED) is 0.874. The van der Waals surface area contributed by atoms with Crippen LogP contribution in [0.1, 0.15) is 25.8 Å². The molecule has 1 aromatic carbocycles. The van der Waals surface area contributed by atoms with Crippen LogP contribution in [-0.4, -0.2) is 17.3 Å². The van der Waals surface area contributed by atoms with Gasteiger partial charge in [-0.3, -0.25) is 0 Å². The number of nitrogens with one attached hydrogen (secondary N) is 1. The fourth-order valence-corrected chi connectivity index (χ4v) is 1.97. The van der Waals surface area contributed by atoms with E-state index >= 15 is 0 Å². The van der Waals surface area contributed by atoms with Crippen molar-refractivity contribution in [2.75, 3.05) is 6.61 Å². The van der Waals surface area contributed by atoms with E-state index in [0.29, 0.717) is 6.54 Å². The van der Waals surface area contributed by atoms with E-state index in [2.05, 4.69) is 35.1 Å². The molecule has 0 spiro atoms. The van der Waals surface area contributed by atoms with Gasteiger partial charge in [0.15, 0.2) is 0 Å². The van der Waals surface area contributed by atoms with Crippen molar-refractivity contribution in [2.45, 2.75) is 32.4 Å². The molecular weight excluding hydrogens is 289 g/mol. The zero-order chi connectivity index (χ0) is 12.2. The van der Waals surface area contributed by atoms with Crippen LogP contribution in [0, 0.1) is 0 Å². The highest BCUT2D eigenvalue weighted by Gasteiger charge is 2.16. The number of aliphatic hydroxyl groups excluding tert-OH is 1. The van der Waals surface area contributed by atoms with Gasteiger partial charge >= 0.3 is 0 Å². The normalized spacial score (nSPS) is 11.8. The van der Waals surface area contributed by atoms with Gasteiger partial charge < -0.3 is 10.4 Å². The molecule has 1 aromatic rings. The van der Waals surface area contributed by atoms with Gasteiger partial charge in [0.25, 0.3) is 0 Å². The third kappa shape index (κ3) is 4.42. The van der Waals surface area contributed by atoms with Gasteiger partial charge in [-0.25, -0.2) is 0 Å². The van der Waals surface area contributed by atoms with E-state index in [9.17, 15) is 0 Å². The fraction of sp³-hybridized carbons (Fsp3) is 0.500. The molecule has 0 radical (unpaired) electrons. The Balaban J connectivity index is 2.63. The molecule has 0 fully saturated rings. The summed E-state index contributed by atoms with van der Waals surface area (Å²) in [6.45, 7) is 5.02. The highest BCUT2D eigenvalue weighted by molar-refractivity contribution is 9.10. The second-order valence-corrected chi connectivity index (χ2v) is 5.77. The third-order valence-electron chi connectivity index (χ3n) is 2.50. The Kier molecular flexibility index (Phi) is 5.25. The smallest absolute Gasteiger partial charge is 0.0451 e. The molecule has 2 N–H and O–H groups in total. The molecule has 0 amide bonds. The number of aliphatic hydroxyl groups is 1. The van der Waals surface area contributed by atoms with Crippen molar-refractivity contribution in [2.24, 2.45) is 0 Å². The molecule has 4 heteroatoms. The first kappa shape index (κ1) is 14.0. The molecular formula is C12H17BrClNO. The lowest BCUT2D eigenvalue weighted by molar-refractivity contribution is 0.230. The van der Waals surface area contributed by atoms with Crippen molar-refractivity contribution >= 4 is 27.5 Å². The molecule has 0 heterocycles. The van der Waals surface area contributed by atoms with Gasteiger partial charge in [0.1, 0.15) is 0 Å². The summed E-state index contributed by atoms with van der Waals surface area (Å²) in [7, 11) is 0. The summed E-state index contributed by atoms with van der Waals surface area (Å²) >= 11 is 9.51. The van der Waals surface area contributed by atoms with E-state index in [1.54, 1.807) is 0 Å². The van der Waals surface area contributed by atoms with Gasteiger partial charge in [0, 0.05) is 28.2 Å². The zero-order valence-electron chi connectivity index (χ0n) is 9.56. The number of hydrogen-bond acceptors (Lipinski definition) is 2. The second kappa shape index (κ2) is 6.01. The summed E-state index contributed by atoms with van der Waals surface area (Å²) < 4.78 is 1.02. The van der Waals surface area contributed by atoms with E-state index in [1.807, 2.05) is 18.2 Å². The van der Waals surface area contributed by atoms with Gasteiger partial charge in [0.05, 0.1) is 0 Å². The molecule has 0 saturated heterocycles. The lowest BCUT2D eigenvalue weighted by Gasteiger charge is -2.25. The lowest BCUT2D eigenvalue weighted by atomic mass is 10.0. The molecule has 16 heavy (non-hydrogen) atoms. The first-order valence-corrected chi connectivity index (χ1v) is 6.41. The number of hydrogen-bond donors (Lipinski definition) is 2. The molecule has 0 bridgehead atoms. The van der Waals surface area contributed by atoms with Crippen molar-refractivity contribution in [1.29, 1.82) is 0 Å². The third-order valence-corrected chi connectivity index (χ3v) is 3.36. The Bertz CT molecular complexity index is 355. The van der Waals surface area contributed by atoms with Crippen LogP contribution in [0.4, 0.5) is 0 Å². The monoisotopic (exact) mass is 305 g/mol. The van der Waals surface area contributed by atoms with Crippen LogP contribution in [0.3, 0.4) is 0 Å². The number of rotatable bonds is 5. The maximum atomic E-state index is 8.92. The van der Waals surface area contributed by atoms with E-state index < -0.39 is 0 Å². The molecule has 0 aliphatic rings. The summed E-state index contributed by atoms with van der Waals surface area (Å²) in [4.78, 5) is 0. The van der Waals surface area contributed by atoms with Crippen molar-refractivity contribution in [3.63, 3.8) is 0 Å². The molecule has 0 aliphatic heterocycles. The zero-order valence-corrected chi connectivity index (χ0v) is 11.9. The van der Waals surface area contributed by atoms with Crippen LogP contribution in [-0.2, 0) is 6.54 Å². The second-order valence-electron chi connectivity index (χ2n) is 4.45. The minimum atomic E-state index is -0.0829. The van der Waals surface area contributed by atoms with Gasteiger partial charge in [-0.15, -0.1) is 0 Å². The Labute approximate surface area is 110 Å². The molecule has 1 rings (SSSR count). The molecule has 0 aromatic heterocycles. The Hall–Kier alpha value is -0.0900. The van der Waals surface area contributed by atoms with Gasteiger partial charge in [0.2, 0.25) is 0 Å². The van der Waals surface area contributed by atoms with Crippen molar-refractivity contribution < 1.29 is 5.11 Å². The van der Waals surface area contributed by atoms with Crippen molar-refractivity contribution in [3.8, 4) is 0 Å². The van der Waals surface area contributed by atoms with Crippen LogP contribution in [0.15, 0.2) is 22.7 Å². The Morgan fingerprint density at radius 2 is 2.12 bits per heavy atom. The summed E-state index contributed by atoms with van der Waals surface area (Å²) in [6.07, 6.45) is 0.721. The van der Waals surface area contributed by atoms with Crippen LogP contribution in [0.5, 0.6) is 0 Å². The number of halogens is 2. The topological polar surface area (TPSA) is 32.3 Å². The summed E-state index contributed by atoms with van der Waals surface area (Å²) in [5, 5.41) is 13.1. The molecule has 0 unspecified atom stereocenters. The first-order valence-electron chi connectivity index (χ1n) is 5.24. The van der Waals surface area contributed by atoms with Crippen LogP contribution >= 0.6 is 27.5 Å². The average Bonchev–Trinajstić information content (AvgIpc) is 2.19. The molecule has 0 saturated carbocycles. The largest absolute Gasteiger partial charge is 0.396 e. The van der Waals surface area contributed by atoms with Gasteiger partial charge in [-0.1, -0.05) is 27.5 Å². The standard InChI is InChI=1S/C12H17BrClNO/c1-12(2,5-6-16)15-8-9-7-10(13)3-4-11(9)14/h3-4,7,15-16H,5-6,8H2,1-2H3. The summed E-state index contributed by atoms with van der Waals surface area (Å²) in [5.74, 6) is 0. The Morgan fingerprint density at radius 1 is 1.44 bits per heavy atom. The maximum absolute atomic E-state index is 8.92. The molecule has 90 valence electrons. The van der Waals surface area contributed by atoms with Crippen LogP contribution in [0.25, 0.3) is 0 Å². The van der Waals surface area contributed by atoms with Crippen LogP contribution < -0.4 is 5.32 Å². The fourth-order valence-electron chi connectivity index (χ4n) is 1.38. The average molecular weight is 307 g/mol. The van der Waals surface area contributed by atoms with Gasteiger partial charge in [-0.2, -0.15) is 0 Å². The molecule has 0 atom stereocenters. The minimum absolute atomic E-state index is 0.0829. The van der Waals surface area contributed by atoms with E-state index in [1.165, 1.54) is 0 Å². The highest BCUT2D eigenvalue weighted by atomic mass is 79.9. The highest BCUT2D eigenvalue weighted by Crippen LogP contribution is 2.21. The van der Waals surface area contributed by atoms with E-state index in [0.717, 1.165) is 21.5 Å². The summed E-state index contributed by atoms with van der Waals surface area (Å²) in [6, 6.07) is 5.80. The minimum Gasteiger partial charge on any atom is -0.396 e.